The van der Waals surface area contributed by atoms with Crippen LogP contribution in [0.3, 0.4) is 0 Å². The highest BCUT2D eigenvalue weighted by atomic mass is 16.5. The van der Waals surface area contributed by atoms with Gasteiger partial charge in [-0.3, -0.25) is 0 Å². The van der Waals surface area contributed by atoms with Crippen LogP contribution in [0.1, 0.15) is 0 Å². The maximum absolute atomic E-state index is 5.50. The number of rotatable bonds is 2. The molecule has 0 N–H and O–H groups in total. The molecule has 0 saturated heterocycles. The Labute approximate surface area is 122 Å². The van der Waals surface area contributed by atoms with Crippen LogP contribution in [-0.2, 0) is 0 Å². The molecule has 0 bridgehead atoms. The fourth-order valence-electron chi connectivity index (χ4n) is 2.50. The molecule has 3 aromatic carbocycles. The van der Waals surface area contributed by atoms with Crippen LogP contribution in [0, 0.1) is 0 Å². The van der Waals surface area contributed by atoms with Gasteiger partial charge in [-0.1, -0.05) is 71.9 Å². The Morgan fingerprint density at radius 3 is 2.24 bits per heavy atom. The molecule has 0 aliphatic rings. The third-order valence-corrected chi connectivity index (χ3v) is 3.61. The van der Waals surface area contributed by atoms with E-state index in [1.165, 1.54) is 10.8 Å². The summed E-state index contributed by atoms with van der Waals surface area (Å²) in [7, 11) is 0. The lowest BCUT2D eigenvalue weighted by molar-refractivity contribution is 0.435. The lowest BCUT2D eigenvalue weighted by Crippen LogP contribution is -1.76. The molecule has 0 amide bonds. The summed E-state index contributed by atoms with van der Waals surface area (Å²) in [6.07, 6.45) is 0. The minimum atomic E-state index is 0.791. The van der Waals surface area contributed by atoms with Crippen molar-refractivity contribution in [2.45, 2.75) is 0 Å². The van der Waals surface area contributed by atoms with Gasteiger partial charge in [-0.25, -0.2) is 0 Å². The molecule has 1 aromatic heterocycles. The molecule has 4 aromatic rings. The van der Waals surface area contributed by atoms with Crippen LogP contribution >= 0.6 is 0 Å². The summed E-state index contributed by atoms with van der Waals surface area (Å²) >= 11 is 0. The van der Waals surface area contributed by atoms with Crippen LogP contribution in [0.4, 0.5) is 0 Å². The minimum absolute atomic E-state index is 0.791. The Balaban J connectivity index is 1.77. The molecule has 0 spiro atoms. The first-order valence-electron chi connectivity index (χ1n) is 6.91. The second-order valence-corrected chi connectivity index (χ2v) is 5.00. The molecule has 0 unspecified atom stereocenters. The van der Waals surface area contributed by atoms with E-state index >= 15 is 0 Å². The van der Waals surface area contributed by atoms with Crippen LogP contribution in [0.2, 0.25) is 0 Å². The Kier molecular flexibility index (Phi) is 2.79. The van der Waals surface area contributed by atoms with Gasteiger partial charge >= 0.3 is 0 Å². The molecule has 0 aliphatic heterocycles. The number of benzene rings is 3. The lowest BCUT2D eigenvalue weighted by atomic mass is 10.0. The molecule has 0 atom stereocenters. The molecule has 0 aliphatic carbocycles. The van der Waals surface area contributed by atoms with Gasteiger partial charge in [0.25, 0.3) is 0 Å². The van der Waals surface area contributed by atoms with Crippen molar-refractivity contribution in [1.82, 2.24) is 5.16 Å². The second-order valence-electron chi connectivity index (χ2n) is 5.00. The van der Waals surface area contributed by atoms with Gasteiger partial charge < -0.3 is 4.52 Å². The van der Waals surface area contributed by atoms with Gasteiger partial charge in [0.05, 0.1) is 0 Å². The molecule has 0 radical (unpaired) electrons. The zero-order chi connectivity index (χ0) is 14.1. The summed E-state index contributed by atoms with van der Waals surface area (Å²) in [5.41, 5.74) is 2.97. The first-order chi connectivity index (χ1) is 10.4. The third-order valence-electron chi connectivity index (χ3n) is 3.61. The van der Waals surface area contributed by atoms with Crippen LogP contribution in [0.25, 0.3) is 33.4 Å². The van der Waals surface area contributed by atoms with Gasteiger partial charge in [0.2, 0.25) is 0 Å². The van der Waals surface area contributed by atoms with E-state index < -0.39 is 0 Å². The zero-order valence-electron chi connectivity index (χ0n) is 11.4. The van der Waals surface area contributed by atoms with Gasteiger partial charge in [-0.2, -0.15) is 0 Å². The molecule has 0 saturated carbocycles. The number of hydrogen-bond donors (Lipinski definition) is 0. The van der Waals surface area contributed by atoms with Crippen molar-refractivity contribution in [2.24, 2.45) is 0 Å². The third kappa shape index (κ3) is 2.21. The number of aromatic nitrogens is 1. The summed E-state index contributed by atoms with van der Waals surface area (Å²) in [6.45, 7) is 0. The van der Waals surface area contributed by atoms with Crippen molar-refractivity contribution in [3.63, 3.8) is 0 Å². The topological polar surface area (TPSA) is 26.0 Å². The van der Waals surface area contributed by atoms with E-state index in [2.05, 4.69) is 35.5 Å². The summed E-state index contributed by atoms with van der Waals surface area (Å²) in [4.78, 5) is 0. The number of fused-ring (bicyclic) bond motifs is 1. The van der Waals surface area contributed by atoms with Gasteiger partial charge in [0.1, 0.15) is 5.69 Å². The van der Waals surface area contributed by atoms with Crippen LogP contribution in [0.5, 0.6) is 0 Å². The van der Waals surface area contributed by atoms with Gasteiger partial charge in [-0.15, -0.1) is 0 Å². The molecule has 0 fully saturated rings. The van der Waals surface area contributed by atoms with Crippen molar-refractivity contribution in [3.05, 3.63) is 78.9 Å². The smallest absolute Gasteiger partial charge is 0.167 e. The van der Waals surface area contributed by atoms with Gasteiger partial charge in [0.15, 0.2) is 5.76 Å². The fraction of sp³-hybridized carbons (Fsp3) is 0. The SMILES string of the molecule is c1ccc(-c2cc(-c3ccc4ccccc4c3)on2)cc1. The Morgan fingerprint density at radius 1 is 0.619 bits per heavy atom. The first kappa shape index (κ1) is 11.9. The highest BCUT2D eigenvalue weighted by Gasteiger charge is 2.08. The lowest BCUT2D eigenvalue weighted by Gasteiger charge is -1.99. The summed E-state index contributed by atoms with van der Waals surface area (Å²) in [5.74, 6) is 0.791. The van der Waals surface area contributed by atoms with E-state index in [-0.39, 0.29) is 0 Å². The molecule has 2 heteroatoms. The van der Waals surface area contributed by atoms with E-state index in [9.17, 15) is 0 Å². The van der Waals surface area contributed by atoms with E-state index in [1.807, 2.05) is 48.5 Å². The average Bonchev–Trinajstić information content (AvgIpc) is 3.05. The summed E-state index contributed by atoms with van der Waals surface area (Å²) < 4.78 is 5.50. The fourth-order valence-corrected chi connectivity index (χ4v) is 2.50. The largest absolute Gasteiger partial charge is 0.356 e. The molecule has 100 valence electrons. The number of hydrogen-bond acceptors (Lipinski definition) is 2. The molecular formula is C19H13NO. The van der Waals surface area contributed by atoms with E-state index in [0.29, 0.717) is 0 Å². The van der Waals surface area contributed by atoms with Crippen LogP contribution in [-0.4, -0.2) is 5.16 Å². The maximum atomic E-state index is 5.50. The van der Waals surface area contributed by atoms with Crippen molar-refractivity contribution in [2.75, 3.05) is 0 Å². The maximum Gasteiger partial charge on any atom is 0.167 e. The van der Waals surface area contributed by atoms with Crippen LogP contribution < -0.4 is 0 Å². The molecule has 4 rings (SSSR count). The van der Waals surface area contributed by atoms with Crippen molar-refractivity contribution < 1.29 is 4.52 Å². The molecular weight excluding hydrogens is 258 g/mol. The normalized spacial score (nSPS) is 10.9. The summed E-state index contributed by atoms with van der Waals surface area (Å²) in [6, 6.07) is 26.6. The van der Waals surface area contributed by atoms with E-state index in [0.717, 1.165) is 22.6 Å². The quantitative estimate of drug-likeness (QED) is 0.503. The minimum Gasteiger partial charge on any atom is -0.356 e. The Morgan fingerprint density at radius 2 is 1.38 bits per heavy atom. The van der Waals surface area contributed by atoms with Crippen molar-refractivity contribution in [3.8, 4) is 22.6 Å². The highest BCUT2D eigenvalue weighted by Crippen LogP contribution is 2.28. The highest BCUT2D eigenvalue weighted by molar-refractivity contribution is 5.86. The Hall–Kier alpha value is -2.87. The second kappa shape index (κ2) is 4.91. The van der Waals surface area contributed by atoms with Gasteiger partial charge in [-0.05, 0) is 16.8 Å². The first-order valence-corrected chi connectivity index (χ1v) is 6.91. The van der Waals surface area contributed by atoms with Crippen molar-refractivity contribution in [1.29, 1.82) is 0 Å². The monoisotopic (exact) mass is 271 g/mol. The van der Waals surface area contributed by atoms with Gasteiger partial charge in [0, 0.05) is 17.2 Å². The van der Waals surface area contributed by atoms with Crippen LogP contribution in [0.15, 0.2) is 83.4 Å². The predicted octanol–water partition coefficient (Wildman–Crippen LogP) is 5.16. The molecule has 1 heterocycles. The summed E-state index contributed by atoms with van der Waals surface area (Å²) in [5, 5.41) is 6.60. The molecule has 2 nitrogen and oxygen atoms in total. The number of nitrogens with zero attached hydrogens (tertiary/aromatic N) is 1. The van der Waals surface area contributed by atoms with E-state index in [1.54, 1.807) is 0 Å². The Bertz CT molecular complexity index is 894. The standard InChI is InChI=1S/C19H13NO/c1-2-7-15(8-3-1)18-13-19(21-20-18)17-11-10-14-6-4-5-9-16(14)12-17/h1-13H. The average molecular weight is 271 g/mol. The zero-order valence-corrected chi connectivity index (χ0v) is 11.4. The van der Waals surface area contributed by atoms with E-state index in [4.69, 9.17) is 4.52 Å². The molecule has 21 heavy (non-hydrogen) atoms. The van der Waals surface area contributed by atoms with Crippen molar-refractivity contribution >= 4 is 10.8 Å². The predicted molar refractivity (Wildman–Crippen MR) is 84.9 cm³/mol.